The zero-order chi connectivity index (χ0) is 12.8. The summed E-state index contributed by atoms with van der Waals surface area (Å²) in [4.78, 5) is 23.3. The molecule has 0 radical (unpaired) electrons. The maximum Gasteiger partial charge on any atom is 0.309 e. The third kappa shape index (κ3) is 3.43. The van der Waals surface area contributed by atoms with Crippen molar-refractivity contribution in [2.24, 2.45) is 11.8 Å². The van der Waals surface area contributed by atoms with E-state index in [1.54, 1.807) is 13.0 Å². The molecule has 0 aromatic heterocycles. The van der Waals surface area contributed by atoms with E-state index >= 15 is 0 Å². The van der Waals surface area contributed by atoms with Crippen LogP contribution < -0.4 is 5.32 Å². The van der Waals surface area contributed by atoms with E-state index in [-0.39, 0.29) is 31.9 Å². The maximum atomic E-state index is 11.7. The highest BCUT2D eigenvalue weighted by atomic mass is 16.5. The smallest absolute Gasteiger partial charge is 0.309 e. The lowest BCUT2D eigenvalue weighted by molar-refractivity contribution is -0.151. The Morgan fingerprint density at radius 1 is 1.47 bits per heavy atom. The van der Waals surface area contributed by atoms with Gasteiger partial charge in [-0.05, 0) is 19.8 Å². The molecule has 3 atom stereocenters. The highest BCUT2D eigenvalue weighted by Gasteiger charge is 2.42. The van der Waals surface area contributed by atoms with E-state index in [2.05, 4.69) is 5.32 Å². The van der Waals surface area contributed by atoms with Gasteiger partial charge < -0.3 is 15.2 Å². The maximum absolute atomic E-state index is 11.7. The highest BCUT2D eigenvalue weighted by Crippen LogP contribution is 2.33. The monoisotopic (exact) mass is 240 g/mol. The van der Waals surface area contributed by atoms with Gasteiger partial charge in [-0.1, -0.05) is 0 Å². The Morgan fingerprint density at radius 2 is 2.12 bits per heavy atom. The molecule has 6 nitrogen and oxygen atoms in total. The van der Waals surface area contributed by atoms with Crippen molar-refractivity contribution in [3.8, 4) is 6.07 Å². The molecule has 0 spiro atoms. The summed E-state index contributed by atoms with van der Waals surface area (Å²) in [6, 6.07) is 1.79. The summed E-state index contributed by atoms with van der Waals surface area (Å²) in [6.07, 6.45) is -0.188. The average Bonchev–Trinajstić information content (AvgIpc) is 2.68. The van der Waals surface area contributed by atoms with Gasteiger partial charge in [0.2, 0.25) is 5.91 Å². The van der Waals surface area contributed by atoms with Crippen molar-refractivity contribution in [3.05, 3.63) is 0 Å². The number of esters is 1. The minimum atomic E-state index is -0.665. The van der Waals surface area contributed by atoms with Gasteiger partial charge in [-0.2, -0.15) is 5.26 Å². The van der Waals surface area contributed by atoms with Gasteiger partial charge in [-0.3, -0.25) is 9.59 Å². The summed E-state index contributed by atoms with van der Waals surface area (Å²) in [5.74, 6) is -2.04. The van der Waals surface area contributed by atoms with Gasteiger partial charge in [-0.15, -0.1) is 0 Å². The van der Waals surface area contributed by atoms with E-state index in [0.29, 0.717) is 0 Å². The quantitative estimate of drug-likeness (QED) is 0.513. The fourth-order valence-electron chi connectivity index (χ4n) is 2.07. The molecule has 1 saturated carbocycles. The minimum absolute atomic E-state index is 0.0963. The zero-order valence-electron chi connectivity index (χ0n) is 9.68. The molecule has 1 amide bonds. The molecule has 0 bridgehead atoms. The first kappa shape index (κ1) is 13.5. The molecule has 0 heterocycles. The first-order valence-corrected chi connectivity index (χ1v) is 5.59. The van der Waals surface area contributed by atoms with Crippen LogP contribution in [0.3, 0.4) is 0 Å². The zero-order valence-corrected chi connectivity index (χ0v) is 9.68. The van der Waals surface area contributed by atoms with Gasteiger partial charge >= 0.3 is 5.97 Å². The van der Waals surface area contributed by atoms with Crippen molar-refractivity contribution in [1.82, 2.24) is 5.32 Å². The van der Waals surface area contributed by atoms with E-state index in [4.69, 9.17) is 10.00 Å². The highest BCUT2D eigenvalue weighted by molar-refractivity contribution is 5.86. The molecular weight excluding hydrogens is 224 g/mol. The van der Waals surface area contributed by atoms with Gasteiger partial charge in [-0.25, -0.2) is 0 Å². The molecule has 2 N–H and O–H groups in total. The SMILES string of the molecule is CCOC(=O)[C@@H]1C[C@@H](O)C[C@H]1C(=O)NCC#N. The van der Waals surface area contributed by atoms with Gasteiger partial charge in [0, 0.05) is 0 Å². The Balaban J connectivity index is 2.65. The second-order valence-electron chi connectivity index (χ2n) is 3.97. The van der Waals surface area contributed by atoms with Crippen molar-refractivity contribution in [1.29, 1.82) is 5.26 Å². The number of aliphatic hydroxyl groups excluding tert-OH is 1. The summed E-state index contributed by atoms with van der Waals surface area (Å²) < 4.78 is 4.86. The van der Waals surface area contributed by atoms with Gasteiger partial charge in [0.15, 0.2) is 0 Å². The largest absolute Gasteiger partial charge is 0.466 e. The Labute approximate surface area is 99.6 Å². The molecule has 94 valence electrons. The number of aliphatic hydroxyl groups is 1. The number of nitriles is 1. The molecule has 0 aliphatic heterocycles. The molecule has 6 heteroatoms. The first-order valence-electron chi connectivity index (χ1n) is 5.59. The molecule has 0 aromatic carbocycles. The Morgan fingerprint density at radius 3 is 2.71 bits per heavy atom. The van der Waals surface area contributed by atoms with E-state index in [1.165, 1.54) is 0 Å². The van der Waals surface area contributed by atoms with Crippen LogP contribution in [0, 0.1) is 23.2 Å². The van der Waals surface area contributed by atoms with Gasteiger partial charge in [0.1, 0.15) is 6.54 Å². The summed E-state index contributed by atoms with van der Waals surface area (Å²) in [5.41, 5.74) is 0. The standard InChI is InChI=1S/C11H16N2O4/c1-2-17-11(16)9-6-7(14)5-8(9)10(15)13-4-3-12/h7-9,14H,2,4-6H2,1H3,(H,13,15)/t7-,8+,9+/m0/s1. The van der Waals surface area contributed by atoms with Crippen molar-refractivity contribution < 1.29 is 19.4 Å². The minimum Gasteiger partial charge on any atom is -0.466 e. The molecule has 0 unspecified atom stereocenters. The van der Waals surface area contributed by atoms with Crippen LogP contribution in [0.15, 0.2) is 0 Å². The normalized spacial score (nSPS) is 27.2. The molecule has 1 aliphatic rings. The molecule has 0 aromatic rings. The second-order valence-corrected chi connectivity index (χ2v) is 3.97. The van der Waals surface area contributed by atoms with Crippen LogP contribution in [0.4, 0.5) is 0 Å². The van der Waals surface area contributed by atoms with E-state index in [1.807, 2.05) is 0 Å². The van der Waals surface area contributed by atoms with Crippen LogP contribution >= 0.6 is 0 Å². The number of hydrogen-bond donors (Lipinski definition) is 2. The molecule has 1 rings (SSSR count). The molecule has 0 saturated heterocycles. The average molecular weight is 240 g/mol. The number of ether oxygens (including phenoxy) is 1. The van der Waals surface area contributed by atoms with E-state index in [0.717, 1.165) is 0 Å². The number of nitrogens with zero attached hydrogens (tertiary/aromatic N) is 1. The van der Waals surface area contributed by atoms with Crippen LogP contribution in [0.2, 0.25) is 0 Å². The van der Waals surface area contributed by atoms with Crippen molar-refractivity contribution in [3.63, 3.8) is 0 Å². The number of hydrogen-bond acceptors (Lipinski definition) is 5. The van der Waals surface area contributed by atoms with Gasteiger partial charge in [0.25, 0.3) is 0 Å². The number of rotatable bonds is 4. The van der Waals surface area contributed by atoms with Crippen LogP contribution in [0.5, 0.6) is 0 Å². The summed E-state index contributed by atoms with van der Waals surface area (Å²) in [5, 5.41) is 20.3. The molecule has 1 aliphatic carbocycles. The van der Waals surface area contributed by atoms with Crippen LogP contribution in [0.25, 0.3) is 0 Å². The lowest BCUT2D eigenvalue weighted by Gasteiger charge is -2.16. The molecular formula is C11H16N2O4. The fraction of sp³-hybridized carbons (Fsp3) is 0.727. The molecule has 1 fully saturated rings. The van der Waals surface area contributed by atoms with E-state index < -0.39 is 23.9 Å². The predicted octanol–water partition coefficient (Wildman–Crippen LogP) is -0.424. The van der Waals surface area contributed by atoms with Crippen molar-refractivity contribution in [2.75, 3.05) is 13.2 Å². The third-order valence-electron chi connectivity index (χ3n) is 2.81. The van der Waals surface area contributed by atoms with Crippen LogP contribution in [-0.4, -0.2) is 36.2 Å². The van der Waals surface area contributed by atoms with Gasteiger partial charge in [0.05, 0.1) is 30.6 Å². The second kappa shape index (κ2) is 6.21. The number of carbonyl (C=O) groups excluding carboxylic acids is 2. The first-order chi connectivity index (χ1) is 8.10. The fourth-order valence-corrected chi connectivity index (χ4v) is 2.07. The Hall–Kier alpha value is -1.61. The number of amides is 1. The Kier molecular flexibility index (Phi) is 4.91. The van der Waals surface area contributed by atoms with Crippen molar-refractivity contribution in [2.45, 2.75) is 25.9 Å². The van der Waals surface area contributed by atoms with E-state index in [9.17, 15) is 14.7 Å². The molecule has 17 heavy (non-hydrogen) atoms. The van der Waals surface area contributed by atoms with Crippen LogP contribution in [-0.2, 0) is 14.3 Å². The number of nitrogens with one attached hydrogen (secondary N) is 1. The summed E-state index contributed by atoms with van der Waals surface area (Å²) in [7, 11) is 0. The lowest BCUT2D eigenvalue weighted by atomic mass is 9.95. The van der Waals surface area contributed by atoms with Crippen LogP contribution in [0.1, 0.15) is 19.8 Å². The Bertz CT molecular complexity index is 337. The summed E-state index contributed by atoms with van der Waals surface area (Å²) >= 11 is 0. The number of carbonyl (C=O) groups is 2. The van der Waals surface area contributed by atoms with Crippen molar-refractivity contribution >= 4 is 11.9 Å². The topological polar surface area (TPSA) is 99.4 Å². The lowest BCUT2D eigenvalue weighted by Crippen LogP contribution is -2.36. The third-order valence-corrected chi connectivity index (χ3v) is 2.81. The summed E-state index contributed by atoms with van der Waals surface area (Å²) in [6.45, 7) is 1.84. The predicted molar refractivity (Wildman–Crippen MR) is 57.5 cm³/mol.